The van der Waals surface area contributed by atoms with E-state index in [0.29, 0.717) is 0 Å². The molecule has 0 saturated carbocycles. The molecule has 0 atom stereocenters. The number of carbonyl (C=O) groups excluding carboxylic acids is 1. The van der Waals surface area contributed by atoms with Gasteiger partial charge in [0.15, 0.2) is 0 Å². The van der Waals surface area contributed by atoms with E-state index in [1.165, 1.54) is 0 Å². The third kappa shape index (κ3) is 9.52. The van der Waals surface area contributed by atoms with Gasteiger partial charge in [-0.1, -0.05) is 0 Å². The highest BCUT2D eigenvalue weighted by Gasteiger charge is 2.26. The molecule has 1 N–H and O–H groups in total. The number of carbonyl (C=O) groups is 1. The van der Waals surface area contributed by atoms with E-state index in [-0.39, 0.29) is 0 Å². The lowest BCUT2D eigenvalue weighted by Crippen LogP contribution is -2.37. The molecule has 13 heavy (non-hydrogen) atoms. The molecule has 0 aromatic carbocycles. The highest BCUT2D eigenvalue weighted by molar-refractivity contribution is 9.10. The first-order chi connectivity index (χ1) is 5.60. The van der Waals surface area contributed by atoms with E-state index < -0.39 is 23.1 Å². The van der Waals surface area contributed by atoms with E-state index in [4.69, 9.17) is 4.74 Å². The number of nitrogens with one attached hydrogen (secondary N) is 1. The zero-order valence-corrected chi connectivity index (χ0v) is 9.24. The van der Waals surface area contributed by atoms with E-state index >= 15 is 0 Å². The first-order valence-electron chi connectivity index (χ1n) is 3.64. The number of alkyl carbamates (subject to hydrolysis) is 1. The van der Waals surface area contributed by atoms with Crippen LogP contribution in [0.4, 0.5) is 13.6 Å². The van der Waals surface area contributed by atoms with Gasteiger partial charge in [-0.3, -0.25) is 0 Å². The lowest BCUT2D eigenvalue weighted by Gasteiger charge is -2.20. The second-order valence-corrected chi connectivity index (χ2v) is 4.63. The average molecular weight is 260 g/mol. The van der Waals surface area contributed by atoms with Crippen molar-refractivity contribution in [1.82, 2.24) is 5.32 Å². The summed E-state index contributed by atoms with van der Waals surface area (Å²) in [5, 5.41) is 1.92. The largest absolute Gasteiger partial charge is 0.444 e. The van der Waals surface area contributed by atoms with Crippen LogP contribution in [0.25, 0.3) is 0 Å². The van der Waals surface area contributed by atoms with Gasteiger partial charge in [-0.2, -0.15) is 8.78 Å². The third-order valence-electron chi connectivity index (χ3n) is 0.832. The molecule has 0 aliphatic carbocycles. The topological polar surface area (TPSA) is 38.3 Å². The first kappa shape index (κ1) is 12.6. The second kappa shape index (κ2) is 4.21. The molecule has 0 fully saturated rings. The maximum atomic E-state index is 12.2. The summed E-state index contributed by atoms with van der Waals surface area (Å²) in [4.78, 5) is 7.72. The van der Waals surface area contributed by atoms with Gasteiger partial charge in [0.1, 0.15) is 5.60 Å². The van der Waals surface area contributed by atoms with Crippen molar-refractivity contribution in [2.24, 2.45) is 0 Å². The highest BCUT2D eigenvalue weighted by Crippen LogP contribution is 2.19. The van der Waals surface area contributed by atoms with Gasteiger partial charge in [0.25, 0.3) is 0 Å². The number of halogens is 3. The number of alkyl halides is 3. The Morgan fingerprint density at radius 2 is 1.92 bits per heavy atom. The highest BCUT2D eigenvalue weighted by atomic mass is 79.9. The Kier molecular flexibility index (Phi) is 4.09. The maximum Gasteiger partial charge on any atom is 0.407 e. The van der Waals surface area contributed by atoms with Crippen molar-refractivity contribution in [2.75, 3.05) is 6.54 Å². The number of hydrogen-bond donors (Lipinski definition) is 1. The smallest absolute Gasteiger partial charge is 0.407 e. The summed E-state index contributed by atoms with van der Waals surface area (Å²) in [7, 11) is 0. The van der Waals surface area contributed by atoms with Crippen molar-refractivity contribution in [3.8, 4) is 0 Å². The molecular formula is C7H12BrF2NO2. The van der Waals surface area contributed by atoms with Gasteiger partial charge in [-0.15, -0.1) is 0 Å². The van der Waals surface area contributed by atoms with Crippen LogP contribution < -0.4 is 5.32 Å². The normalized spacial score (nSPS) is 12.5. The number of amides is 1. The van der Waals surface area contributed by atoms with Gasteiger partial charge in [0.05, 0.1) is 6.54 Å². The molecule has 6 heteroatoms. The molecule has 3 nitrogen and oxygen atoms in total. The van der Waals surface area contributed by atoms with Gasteiger partial charge in [-0.05, 0) is 36.7 Å². The molecule has 0 spiro atoms. The van der Waals surface area contributed by atoms with Crippen LogP contribution in [0.2, 0.25) is 0 Å². The van der Waals surface area contributed by atoms with Gasteiger partial charge >= 0.3 is 10.9 Å². The van der Waals surface area contributed by atoms with Crippen LogP contribution in [0.1, 0.15) is 20.8 Å². The fraction of sp³-hybridized carbons (Fsp3) is 0.857. The standard InChI is InChI=1S/C7H12BrF2NO2/c1-6(2,3)13-5(12)11-4-7(8,9)10/h4H2,1-3H3,(H,11,12). The lowest BCUT2D eigenvalue weighted by atomic mass is 10.2. The summed E-state index contributed by atoms with van der Waals surface area (Å²) in [5.74, 6) is 0. The molecule has 78 valence electrons. The lowest BCUT2D eigenvalue weighted by molar-refractivity contribution is 0.0446. The van der Waals surface area contributed by atoms with Gasteiger partial charge < -0.3 is 10.1 Å². The van der Waals surface area contributed by atoms with Crippen LogP contribution in [0, 0.1) is 0 Å². The van der Waals surface area contributed by atoms with Crippen LogP contribution in [-0.4, -0.2) is 23.1 Å². The predicted molar refractivity (Wildman–Crippen MR) is 48.1 cm³/mol. The van der Waals surface area contributed by atoms with E-state index in [1.54, 1.807) is 20.8 Å². The van der Waals surface area contributed by atoms with Gasteiger partial charge in [0.2, 0.25) is 0 Å². The number of hydrogen-bond acceptors (Lipinski definition) is 2. The molecule has 1 amide bonds. The van der Waals surface area contributed by atoms with Crippen LogP contribution in [0.5, 0.6) is 0 Å². The maximum absolute atomic E-state index is 12.2. The van der Waals surface area contributed by atoms with Crippen LogP contribution in [0.15, 0.2) is 0 Å². The van der Waals surface area contributed by atoms with Gasteiger partial charge in [0, 0.05) is 0 Å². The Morgan fingerprint density at radius 3 is 2.23 bits per heavy atom. The Labute approximate surface area is 84.0 Å². The van der Waals surface area contributed by atoms with Crippen molar-refractivity contribution in [3.63, 3.8) is 0 Å². The van der Waals surface area contributed by atoms with Crippen molar-refractivity contribution >= 4 is 22.0 Å². The molecular weight excluding hydrogens is 248 g/mol. The molecule has 0 radical (unpaired) electrons. The zero-order chi connectivity index (χ0) is 10.7. The molecule has 0 heterocycles. The van der Waals surface area contributed by atoms with E-state index in [0.717, 1.165) is 0 Å². The summed E-state index contributed by atoms with van der Waals surface area (Å²) < 4.78 is 29.1. The SMILES string of the molecule is CC(C)(C)OC(=O)NCC(F)(F)Br. The predicted octanol–water partition coefficient (Wildman–Crippen LogP) is 2.50. The molecule has 0 bridgehead atoms. The molecule has 0 rings (SSSR count). The quantitative estimate of drug-likeness (QED) is 0.774. The minimum absolute atomic E-state index is 0.675. The Morgan fingerprint density at radius 1 is 1.46 bits per heavy atom. The Balaban J connectivity index is 3.78. The third-order valence-corrected chi connectivity index (χ3v) is 1.11. The monoisotopic (exact) mass is 259 g/mol. The van der Waals surface area contributed by atoms with Crippen molar-refractivity contribution < 1.29 is 18.3 Å². The second-order valence-electron chi connectivity index (χ2n) is 3.47. The summed E-state index contributed by atoms with van der Waals surface area (Å²) in [6, 6.07) is 0. The fourth-order valence-electron chi connectivity index (χ4n) is 0.487. The minimum Gasteiger partial charge on any atom is -0.444 e. The van der Waals surface area contributed by atoms with Crippen molar-refractivity contribution in [1.29, 1.82) is 0 Å². The summed E-state index contributed by atoms with van der Waals surface area (Å²) in [6.45, 7) is 4.17. The zero-order valence-electron chi connectivity index (χ0n) is 7.66. The molecule has 0 unspecified atom stereocenters. The Hall–Kier alpha value is -0.390. The van der Waals surface area contributed by atoms with E-state index in [9.17, 15) is 13.6 Å². The summed E-state index contributed by atoms with van der Waals surface area (Å²) in [5.41, 5.74) is -0.675. The van der Waals surface area contributed by atoms with Gasteiger partial charge in [-0.25, -0.2) is 4.79 Å². The minimum atomic E-state index is -3.09. The van der Waals surface area contributed by atoms with E-state index in [1.807, 2.05) is 5.32 Å². The molecule has 0 aliphatic rings. The Bertz CT molecular complexity index is 186. The number of ether oxygens (including phenoxy) is 1. The number of rotatable bonds is 2. The molecule has 0 aliphatic heterocycles. The molecule has 0 aromatic heterocycles. The van der Waals surface area contributed by atoms with Crippen molar-refractivity contribution in [3.05, 3.63) is 0 Å². The molecule has 0 saturated heterocycles. The molecule has 0 aromatic rings. The summed E-state index contributed by atoms with van der Waals surface area (Å²) in [6.07, 6.45) is -0.855. The fourth-order valence-corrected chi connectivity index (χ4v) is 0.627. The van der Waals surface area contributed by atoms with Crippen LogP contribution >= 0.6 is 15.9 Å². The van der Waals surface area contributed by atoms with Crippen molar-refractivity contribution in [2.45, 2.75) is 31.2 Å². The summed E-state index contributed by atoms with van der Waals surface area (Å²) >= 11 is 2.08. The first-order valence-corrected chi connectivity index (χ1v) is 4.43. The van der Waals surface area contributed by atoms with Crippen LogP contribution in [-0.2, 0) is 4.74 Å². The van der Waals surface area contributed by atoms with E-state index in [2.05, 4.69) is 15.9 Å². The average Bonchev–Trinajstić information content (AvgIpc) is 1.78. The van der Waals surface area contributed by atoms with Crippen LogP contribution in [0.3, 0.4) is 0 Å².